The van der Waals surface area contributed by atoms with Crippen LogP contribution in [0.2, 0.25) is 0 Å². The zero-order valence-corrected chi connectivity index (χ0v) is 11.9. The third kappa shape index (κ3) is 6.06. The molecule has 3 nitrogen and oxygen atoms in total. The summed E-state index contributed by atoms with van der Waals surface area (Å²) in [6, 6.07) is 0.619. The molecule has 1 N–H and O–H groups in total. The van der Waals surface area contributed by atoms with Crippen LogP contribution in [-0.2, 0) is 4.79 Å². The minimum Gasteiger partial charge on any atom is -0.346 e. The average Bonchev–Trinajstić information content (AvgIpc) is 2.25. The van der Waals surface area contributed by atoms with Gasteiger partial charge in [-0.05, 0) is 31.2 Å². The summed E-state index contributed by atoms with van der Waals surface area (Å²) in [5.74, 6) is 0.272. The standard InChI is InChI=1S/C14H28N2O/c1-14(2,3)11-13(17)16(4)10-8-12-7-5-6-9-15-12/h12,15H,5-11H2,1-4H3. The van der Waals surface area contributed by atoms with E-state index in [-0.39, 0.29) is 11.3 Å². The van der Waals surface area contributed by atoms with Gasteiger partial charge in [0.05, 0.1) is 0 Å². The Morgan fingerprint density at radius 1 is 1.35 bits per heavy atom. The third-order valence-corrected chi connectivity index (χ3v) is 3.33. The fourth-order valence-electron chi connectivity index (χ4n) is 2.23. The Morgan fingerprint density at radius 2 is 2.06 bits per heavy atom. The van der Waals surface area contributed by atoms with Gasteiger partial charge in [0.15, 0.2) is 0 Å². The van der Waals surface area contributed by atoms with E-state index in [4.69, 9.17) is 0 Å². The van der Waals surface area contributed by atoms with Crippen molar-refractivity contribution in [1.29, 1.82) is 0 Å². The van der Waals surface area contributed by atoms with Crippen molar-refractivity contribution in [3.63, 3.8) is 0 Å². The molecule has 1 unspecified atom stereocenters. The molecule has 1 saturated heterocycles. The van der Waals surface area contributed by atoms with Crippen molar-refractivity contribution < 1.29 is 4.79 Å². The number of piperidine rings is 1. The molecule has 1 atom stereocenters. The van der Waals surface area contributed by atoms with E-state index in [2.05, 4.69) is 26.1 Å². The first-order valence-corrected chi connectivity index (χ1v) is 6.86. The third-order valence-electron chi connectivity index (χ3n) is 3.33. The summed E-state index contributed by atoms with van der Waals surface area (Å²) in [4.78, 5) is 13.8. The van der Waals surface area contributed by atoms with Crippen LogP contribution in [0, 0.1) is 5.41 Å². The van der Waals surface area contributed by atoms with Crippen molar-refractivity contribution >= 4 is 5.91 Å². The number of carbonyl (C=O) groups excluding carboxylic acids is 1. The summed E-state index contributed by atoms with van der Waals surface area (Å²) in [5.41, 5.74) is 0.0917. The molecule has 1 rings (SSSR count). The normalized spacial score (nSPS) is 21.3. The van der Waals surface area contributed by atoms with Crippen molar-refractivity contribution in [2.24, 2.45) is 5.41 Å². The van der Waals surface area contributed by atoms with Crippen LogP contribution in [0.5, 0.6) is 0 Å². The van der Waals surface area contributed by atoms with Gasteiger partial charge in [0.2, 0.25) is 5.91 Å². The van der Waals surface area contributed by atoms with Crippen LogP contribution >= 0.6 is 0 Å². The van der Waals surface area contributed by atoms with Gasteiger partial charge in [-0.1, -0.05) is 27.2 Å². The second-order valence-electron chi connectivity index (χ2n) is 6.49. The molecular formula is C14H28N2O. The smallest absolute Gasteiger partial charge is 0.222 e. The van der Waals surface area contributed by atoms with Gasteiger partial charge in [0.25, 0.3) is 0 Å². The highest BCUT2D eigenvalue weighted by Crippen LogP contribution is 2.19. The van der Waals surface area contributed by atoms with Crippen LogP contribution in [0.3, 0.4) is 0 Å². The van der Waals surface area contributed by atoms with Crippen LogP contribution in [-0.4, -0.2) is 37.0 Å². The number of amides is 1. The van der Waals surface area contributed by atoms with E-state index >= 15 is 0 Å². The molecule has 1 amide bonds. The highest BCUT2D eigenvalue weighted by atomic mass is 16.2. The fourth-order valence-corrected chi connectivity index (χ4v) is 2.23. The monoisotopic (exact) mass is 240 g/mol. The SMILES string of the molecule is CN(CCC1CCCCN1)C(=O)CC(C)(C)C. The number of hydrogen-bond donors (Lipinski definition) is 1. The van der Waals surface area contributed by atoms with Gasteiger partial charge in [-0.15, -0.1) is 0 Å². The molecule has 1 aliphatic heterocycles. The summed E-state index contributed by atoms with van der Waals surface area (Å²) in [6.45, 7) is 8.36. The highest BCUT2D eigenvalue weighted by Gasteiger charge is 2.20. The van der Waals surface area contributed by atoms with E-state index in [0.29, 0.717) is 12.5 Å². The first-order valence-electron chi connectivity index (χ1n) is 6.86. The zero-order chi connectivity index (χ0) is 12.9. The predicted molar refractivity (Wildman–Crippen MR) is 72.0 cm³/mol. The lowest BCUT2D eigenvalue weighted by atomic mass is 9.91. The topological polar surface area (TPSA) is 32.3 Å². The lowest BCUT2D eigenvalue weighted by Gasteiger charge is -2.27. The van der Waals surface area contributed by atoms with E-state index in [9.17, 15) is 4.79 Å². The van der Waals surface area contributed by atoms with Crippen molar-refractivity contribution in [1.82, 2.24) is 10.2 Å². The molecule has 1 heterocycles. The predicted octanol–water partition coefficient (Wildman–Crippen LogP) is 2.41. The minimum atomic E-state index is 0.0917. The summed E-state index contributed by atoms with van der Waals surface area (Å²) in [6.07, 6.45) is 5.63. The van der Waals surface area contributed by atoms with Crippen LogP contribution < -0.4 is 5.32 Å². The van der Waals surface area contributed by atoms with Crippen molar-refractivity contribution in [2.45, 2.75) is 58.9 Å². The van der Waals surface area contributed by atoms with Gasteiger partial charge in [-0.2, -0.15) is 0 Å². The van der Waals surface area contributed by atoms with E-state index in [1.54, 1.807) is 0 Å². The molecule has 3 heteroatoms. The molecule has 0 saturated carbocycles. The molecule has 17 heavy (non-hydrogen) atoms. The lowest BCUT2D eigenvalue weighted by Crippen LogP contribution is -2.38. The number of rotatable bonds is 4. The lowest BCUT2D eigenvalue weighted by molar-refractivity contribution is -0.131. The largest absolute Gasteiger partial charge is 0.346 e. The van der Waals surface area contributed by atoms with Gasteiger partial charge in [-0.25, -0.2) is 0 Å². The second kappa shape index (κ2) is 6.39. The molecule has 0 radical (unpaired) electrons. The van der Waals surface area contributed by atoms with Crippen molar-refractivity contribution in [3.05, 3.63) is 0 Å². The Hall–Kier alpha value is -0.570. The summed E-state index contributed by atoms with van der Waals surface area (Å²) in [7, 11) is 1.93. The molecule has 0 aromatic rings. The molecule has 0 aromatic carbocycles. The first kappa shape index (κ1) is 14.5. The number of nitrogens with zero attached hydrogens (tertiary/aromatic N) is 1. The maximum atomic E-state index is 11.9. The van der Waals surface area contributed by atoms with Crippen LogP contribution in [0.15, 0.2) is 0 Å². The molecule has 0 spiro atoms. The quantitative estimate of drug-likeness (QED) is 0.818. The minimum absolute atomic E-state index is 0.0917. The van der Waals surface area contributed by atoms with Gasteiger partial charge < -0.3 is 10.2 Å². The summed E-state index contributed by atoms with van der Waals surface area (Å²) >= 11 is 0. The van der Waals surface area contributed by atoms with Crippen molar-refractivity contribution in [3.8, 4) is 0 Å². The zero-order valence-electron chi connectivity index (χ0n) is 11.9. The summed E-state index contributed by atoms with van der Waals surface area (Å²) in [5, 5.41) is 3.52. The van der Waals surface area contributed by atoms with Gasteiger partial charge in [-0.3, -0.25) is 4.79 Å². The number of hydrogen-bond acceptors (Lipinski definition) is 2. The van der Waals surface area contributed by atoms with Crippen LogP contribution in [0.25, 0.3) is 0 Å². The first-order chi connectivity index (χ1) is 7.88. The van der Waals surface area contributed by atoms with Crippen LogP contribution in [0.4, 0.5) is 0 Å². The van der Waals surface area contributed by atoms with Gasteiger partial charge >= 0.3 is 0 Å². The Kier molecular flexibility index (Phi) is 5.44. The molecule has 0 bridgehead atoms. The highest BCUT2D eigenvalue weighted by molar-refractivity contribution is 5.76. The molecule has 0 aromatic heterocycles. The van der Waals surface area contributed by atoms with E-state index < -0.39 is 0 Å². The average molecular weight is 240 g/mol. The maximum Gasteiger partial charge on any atom is 0.222 e. The molecular weight excluding hydrogens is 212 g/mol. The number of carbonyl (C=O) groups is 1. The Labute approximate surface area is 106 Å². The maximum absolute atomic E-state index is 11.9. The molecule has 1 fully saturated rings. The van der Waals surface area contributed by atoms with Crippen LogP contribution in [0.1, 0.15) is 52.9 Å². The molecule has 100 valence electrons. The van der Waals surface area contributed by atoms with Gasteiger partial charge in [0, 0.05) is 26.1 Å². The molecule has 1 aliphatic rings. The Bertz CT molecular complexity index is 239. The number of nitrogens with one attached hydrogen (secondary N) is 1. The fraction of sp³-hybridized carbons (Fsp3) is 0.929. The second-order valence-corrected chi connectivity index (χ2v) is 6.49. The van der Waals surface area contributed by atoms with Gasteiger partial charge in [0.1, 0.15) is 0 Å². The Balaban J connectivity index is 2.23. The Morgan fingerprint density at radius 3 is 2.59 bits per heavy atom. The summed E-state index contributed by atoms with van der Waals surface area (Å²) < 4.78 is 0. The van der Waals surface area contributed by atoms with E-state index in [1.807, 2.05) is 11.9 Å². The van der Waals surface area contributed by atoms with E-state index in [0.717, 1.165) is 19.5 Å². The van der Waals surface area contributed by atoms with E-state index in [1.165, 1.54) is 19.3 Å². The molecule has 0 aliphatic carbocycles. The van der Waals surface area contributed by atoms with Crippen molar-refractivity contribution in [2.75, 3.05) is 20.1 Å².